The van der Waals surface area contributed by atoms with Gasteiger partial charge in [0.05, 0.1) is 24.3 Å². The van der Waals surface area contributed by atoms with E-state index in [2.05, 4.69) is 31.0 Å². The van der Waals surface area contributed by atoms with E-state index < -0.39 is 0 Å². The zero-order valence-electron chi connectivity index (χ0n) is 12.8. The molecule has 0 saturated heterocycles. The number of carbonyl (C=O) groups excluding carboxylic acids is 1. The average molecular weight is 283 g/mol. The maximum absolute atomic E-state index is 12.6. The lowest BCUT2D eigenvalue weighted by Gasteiger charge is -2.27. The van der Waals surface area contributed by atoms with Crippen LogP contribution in [0.3, 0.4) is 0 Å². The third-order valence-electron chi connectivity index (χ3n) is 4.22. The molecule has 4 nitrogen and oxygen atoms in total. The minimum absolute atomic E-state index is 0.108. The fraction of sp³-hybridized carbons (Fsp3) is 0.412. The Bertz CT molecular complexity index is 655. The van der Waals surface area contributed by atoms with Crippen LogP contribution in [0.5, 0.6) is 0 Å². The zero-order chi connectivity index (χ0) is 15.0. The summed E-state index contributed by atoms with van der Waals surface area (Å²) in [5, 5.41) is 0. The van der Waals surface area contributed by atoms with Crippen LogP contribution in [0.15, 0.2) is 30.6 Å². The van der Waals surface area contributed by atoms with Crippen LogP contribution < -0.4 is 0 Å². The highest BCUT2D eigenvalue weighted by molar-refractivity contribution is 5.94. The van der Waals surface area contributed by atoms with Crippen molar-refractivity contribution in [2.24, 2.45) is 7.05 Å². The second-order valence-electron chi connectivity index (χ2n) is 6.00. The van der Waals surface area contributed by atoms with E-state index in [4.69, 9.17) is 0 Å². The molecule has 1 aliphatic heterocycles. The van der Waals surface area contributed by atoms with Gasteiger partial charge in [-0.2, -0.15) is 0 Å². The molecule has 21 heavy (non-hydrogen) atoms. The van der Waals surface area contributed by atoms with Gasteiger partial charge in [-0.3, -0.25) is 4.79 Å². The van der Waals surface area contributed by atoms with Crippen LogP contribution in [0, 0.1) is 0 Å². The minimum atomic E-state index is 0.108. The second-order valence-corrected chi connectivity index (χ2v) is 6.00. The number of rotatable bonds is 2. The van der Waals surface area contributed by atoms with Crippen LogP contribution >= 0.6 is 0 Å². The second kappa shape index (κ2) is 5.35. The Hall–Kier alpha value is -2.10. The van der Waals surface area contributed by atoms with Crippen molar-refractivity contribution in [2.45, 2.75) is 32.7 Å². The molecule has 4 heteroatoms. The zero-order valence-corrected chi connectivity index (χ0v) is 12.8. The van der Waals surface area contributed by atoms with Crippen LogP contribution in [0.1, 0.15) is 47.1 Å². The van der Waals surface area contributed by atoms with Gasteiger partial charge >= 0.3 is 0 Å². The Kier molecular flexibility index (Phi) is 3.53. The van der Waals surface area contributed by atoms with E-state index >= 15 is 0 Å². The van der Waals surface area contributed by atoms with Crippen molar-refractivity contribution in [3.8, 4) is 0 Å². The first-order chi connectivity index (χ1) is 10.1. The fourth-order valence-electron chi connectivity index (χ4n) is 2.78. The van der Waals surface area contributed by atoms with Gasteiger partial charge in [-0.05, 0) is 23.6 Å². The Balaban J connectivity index is 1.78. The van der Waals surface area contributed by atoms with Gasteiger partial charge in [-0.25, -0.2) is 4.98 Å². The average Bonchev–Trinajstić information content (AvgIpc) is 2.87. The topological polar surface area (TPSA) is 38.1 Å². The molecule has 0 fully saturated rings. The number of aromatic nitrogens is 2. The van der Waals surface area contributed by atoms with E-state index in [0.717, 1.165) is 29.9 Å². The molecule has 0 spiro atoms. The van der Waals surface area contributed by atoms with Crippen molar-refractivity contribution in [3.63, 3.8) is 0 Å². The van der Waals surface area contributed by atoms with Gasteiger partial charge in [0.25, 0.3) is 5.91 Å². The number of fused-ring (bicyclic) bond motifs is 1. The molecule has 0 unspecified atom stereocenters. The van der Waals surface area contributed by atoms with Crippen LogP contribution in [-0.2, 0) is 20.0 Å². The van der Waals surface area contributed by atoms with Crippen molar-refractivity contribution in [3.05, 3.63) is 53.1 Å². The third kappa shape index (κ3) is 2.58. The van der Waals surface area contributed by atoms with Crippen LogP contribution in [0.25, 0.3) is 0 Å². The Morgan fingerprint density at radius 2 is 1.95 bits per heavy atom. The van der Waals surface area contributed by atoms with Crippen molar-refractivity contribution in [1.82, 2.24) is 14.5 Å². The molecule has 3 rings (SSSR count). The Morgan fingerprint density at radius 1 is 1.24 bits per heavy atom. The van der Waals surface area contributed by atoms with Gasteiger partial charge in [-0.1, -0.05) is 26.0 Å². The maximum Gasteiger partial charge on any atom is 0.254 e. The van der Waals surface area contributed by atoms with Gasteiger partial charge in [0, 0.05) is 25.6 Å². The summed E-state index contributed by atoms with van der Waals surface area (Å²) in [5.41, 5.74) is 4.30. The molecule has 1 aromatic carbocycles. The van der Waals surface area contributed by atoms with E-state index in [9.17, 15) is 4.79 Å². The monoisotopic (exact) mass is 283 g/mol. The lowest BCUT2D eigenvalue weighted by atomic mass is 10.0. The number of hydrogen-bond acceptors (Lipinski definition) is 2. The third-order valence-corrected chi connectivity index (χ3v) is 4.22. The summed E-state index contributed by atoms with van der Waals surface area (Å²) in [6.45, 7) is 5.71. The molecule has 0 saturated carbocycles. The summed E-state index contributed by atoms with van der Waals surface area (Å²) < 4.78 is 2.01. The summed E-state index contributed by atoms with van der Waals surface area (Å²) in [4.78, 5) is 18.9. The summed E-state index contributed by atoms with van der Waals surface area (Å²) >= 11 is 0. The van der Waals surface area contributed by atoms with Crippen molar-refractivity contribution < 1.29 is 4.79 Å². The molecule has 2 heterocycles. The quantitative estimate of drug-likeness (QED) is 0.850. The highest BCUT2D eigenvalue weighted by atomic mass is 16.2. The van der Waals surface area contributed by atoms with Gasteiger partial charge < -0.3 is 9.47 Å². The van der Waals surface area contributed by atoms with Gasteiger partial charge in [0.15, 0.2) is 0 Å². The van der Waals surface area contributed by atoms with Gasteiger partial charge in [-0.15, -0.1) is 0 Å². The summed E-state index contributed by atoms with van der Waals surface area (Å²) in [5.74, 6) is 0.596. The lowest BCUT2D eigenvalue weighted by Crippen LogP contribution is -2.36. The molecule has 110 valence electrons. The number of hydrogen-bond donors (Lipinski definition) is 0. The number of nitrogens with zero attached hydrogens (tertiary/aromatic N) is 3. The molecule has 0 aliphatic carbocycles. The van der Waals surface area contributed by atoms with E-state index in [1.165, 1.54) is 5.56 Å². The molecule has 0 bridgehead atoms. The minimum Gasteiger partial charge on any atom is -0.336 e. The number of carbonyl (C=O) groups is 1. The lowest BCUT2D eigenvalue weighted by molar-refractivity contribution is 0.0730. The van der Waals surface area contributed by atoms with Gasteiger partial charge in [0.1, 0.15) is 0 Å². The summed E-state index contributed by atoms with van der Waals surface area (Å²) in [6.07, 6.45) is 2.67. The highest BCUT2D eigenvalue weighted by Crippen LogP contribution is 2.20. The van der Waals surface area contributed by atoms with Crippen molar-refractivity contribution in [2.75, 3.05) is 6.54 Å². The first-order valence-corrected chi connectivity index (χ1v) is 7.44. The van der Waals surface area contributed by atoms with Gasteiger partial charge in [0.2, 0.25) is 0 Å². The van der Waals surface area contributed by atoms with Crippen molar-refractivity contribution >= 4 is 5.91 Å². The van der Waals surface area contributed by atoms with Crippen molar-refractivity contribution in [1.29, 1.82) is 0 Å². The molecule has 0 radical (unpaired) electrons. The van der Waals surface area contributed by atoms with E-state index in [1.807, 2.05) is 35.0 Å². The molecular formula is C17H21N3O. The fourth-order valence-corrected chi connectivity index (χ4v) is 2.78. The smallest absolute Gasteiger partial charge is 0.254 e. The Labute approximate surface area is 125 Å². The van der Waals surface area contributed by atoms with Crippen LogP contribution in [0.4, 0.5) is 0 Å². The van der Waals surface area contributed by atoms with E-state index in [-0.39, 0.29) is 5.91 Å². The number of amides is 1. The molecule has 1 amide bonds. The molecule has 2 aromatic rings. The maximum atomic E-state index is 12.6. The van der Waals surface area contributed by atoms with Crippen LogP contribution in [0.2, 0.25) is 0 Å². The first kappa shape index (κ1) is 13.9. The predicted octanol–water partition coefficient (Wildman–Crippen LogP) is 2.74. The number of benzene rings is 1. The molecule has 0 atom stereocenters. The van der Waals surface area contributed by atoms with E-state index in [0.29, 0.717) is 12.5 Å². The molecular weight excluding hydrogens is 262 g/mol. The summed E-state index contributed by atoms with van der Waals surface area (Å²) in [6, 6.07) is 7.99. The summed E-state index contributed by atoms with van der Waals surface area (Å²) in [7, 11) is 1.98. The Morgan fingerprint density at radius 3 is 2.62 bits per heavy atom. The molecule has 1 aliphatic rings. The molecule has 0 N–H and O–H groups in total. The number of aryl methyl sites for hydroxylation is 1. The molecule has 1 aromatic heterocycles. The van der Waals surface area contributed by atoms with Crippen LogP contribution in [-0.4, -0.2) is 26.9 Å². The van der Waals surface area contributed by atoms with E-state index in [1.54, 1.807) is 0 Å². The number of imidazole rings is 1. The standard InChI is InChI=1S/C17H21N3O/c1-12(2)13-4-6-14(7-5-13)17(21)20-9-8-15-16(10-20)19(3)11-18-15/h4-7,11-12H,8-10H2,1-3H3. The normalized spacial score (nSPS) is 14.4. The largest absolute Gasteiger partial charge is 0.336 e. The highest BCUT2D eigenvalue weighted by Gasteiger charge is 2.24. The predicted molar refractivity (Wildman–Crippen MR) is 82.2 cm³/mol. The SMILES string of the molecule is CC(C)c1ccc(C(=O)N2CCc3ncn(C)c3C2)cc1. The first-order valence-electron chi connectivity index (χ1n) is 7.44.